The van der Waals surface area contributed by atoms with Crippen molar-refractivity contribution in [1.29, 1.82) is 5.26 Å². The molecule has 9 heteroatoms. The second-order valence-electron chi connectivity index (χ2n) is 8.72. The molecule has 0 atom stereocenters. The van der Waals surface area contributed by atoms with Gasteiger partial charge >= 0.3 is 0 Å². The van der Waals surface area contributed by atoms with E-state index in [0.29, 0.717) is 29.1 Å². The van der Waals surface area contributed by atoms with E-state index in [1.165, 1.54) is 0 Å². The van der Waals surface area contributed by atoms with Gasteiger partial charge in [-0.15, -0.1) is 0 Å². The molecule has 4 heterocycles. The van der Waals surface area contributed by atoms with E-state index in [4.69, 9.17) is 15.4 Å². The number of rotatable bonds is 7. The van der Waals surface area contributed by atoms with Gasteiger partial charge in [-0.3, -0.25) is 9.78 Å². The van der Waals surface area contributed by atoms with Crippen LogP contribution in [-0.4, -0.2) is 40.0 Å². The second kappa shape index (κ2) is 10.3. The van der Waals surface area contributed by atoms with Gasteiger partial charge in [0, 0.05) is 49.2 Å². The van der Waals surface area contributed by atoms with Crippen LogP contribution in [0.5, 0.6) is 0 Å². The van der Waals surface area contributed by atoms with E-state index in [0.717, 1.165) is 48.6 Å². The van der Waals surface area contributed by atoms with E-state index < -0.39 is 5.91 Å². The highest BCUT2D eigenvalue weighted by atomic mass is 16.3. The van der Waals surface area contributed by atoms with Crippen molar-refractivity contribution >= 4 is 17.4 Å². The SMILES string of the molecule is N#Cc1ccc(N2CCC(Nc3cc(Cc4ccc(-c5ncco5)cc4)ncc3C(N)=O)CC2)nc1. The van der Waals surface area contributed by atoms with Gasteiger partial charge in [-0.2, -0.15) is 5.26 Å². The van der Waals surface area contributed by atoms with Crippen molar-refractivity contribution in [3.63, 3.8) is 0 Å². The topological polar surface area (TPSA) is 134 Å². The molecule has 0 spiro atoms. The average Bonchev–Trinajstić information content (AvgIpc) is 3.45. The third kappa shape index (κ3) is 5.18. The van der Waals surface area contributed by atoms with Gasteiger partial charge in [-0.25, -0.2) is 9.97 Å². The summed E-state index contributed by atoms with van der Waals surface area (Å²) in [7, 11) is 0. The first kappa shape index (κ1) is 23.1. The Morgan fingerprint density at radius 1 is 1.11 bits per heavy atom. The van der Waals surface area contributed by atoms with Crippen LogP contribution in [0.4, 0.5) is 11.5 Å². The van der Waals surface area contributed by atoms with Gasteiger partial charge in [-0.1, -0.05) is 12.1 Å². The van der Waals surface area contributed by atoms with Crippen LogP contribution in [0, 0.1) is 11.3 Å². The highest BCUT2D eigenvalue weighted by Crippen LogP contribution is 2.25. The van der Waals surface area contributed by atoms with Gasteiger partial charge in [0.2, 0.25) is 5.89 Å². The summed E-state index contributed by atoms with van der Waals surface area (Å²) in [4.78, 5) is 27.3. The summed E-state index contributed by atoms with van der Waals surface area (Å²) in [6.07, 6.45) is 8.68. The van der Waals surface area contributed by atoms with E-state index in [9.17, 15) is 4.79 Å². The van der Waals surface area contributed by atoms with Crippen molar-refractivity contribution in [3.05, 3.63) is 89.7 Å². The predicted molar refractivity (Wildman–Crippen MR) is 135 cm³/mol. The number of carbonyl (C=O) groups is 1. The smallest absolute Gasteiger partial charge is 0.252 e. The Morgan fingerprint density at radius 3 is 2.56 bits per heavy atom. The lowest BCUT2D eigenvalue weighted by atomic mass is 10.0. The van der Waals surface area contributed by atoms with Crippen LogP contribution in [0.25, 0.3) is 11.5 Å². The molecule has 0 bridgehead atoms. The minimum atomic E-state index is -0.508. The number of nitriles is 1. The number of primary amides is 1. The van der Waals surface area contributed by atoms with E-state index in [2.05, 4.69) is 31.2 Å². The van der Waals surface area contributed by atoms with Crippen molar-refractivity contribution in [1.82, 2.24) is 15.0 Å². The molecule has 0 saturated carbocycles. The fourth-order valence-electron chi connectivity index (χ4n) is 4.36. The van der Waals surface area contributed by atoms with Crippen LogP contribution in [0.15, 0.2) is 71.7 Å². The number of oxazole rings is 1. The highest BCUT2D eigenvalue weighted by Gasteiger charge is 2.22. The zero-order chi connectivity index (χ0) is 24.9. The third-order valence-corrected chi connectivity index (χ3v) is 6.30. The van der Waals surface area contributed by atoms with E-state index in [-0.39, 0.29) is 6.04 Å². The fraction of sp³-hybridized carbons (Fsp3) is 0.222. The molecular formula is C27H25N7O2. The number of carbonyl (C=O) groups excluding carboxylic acids is 1. The molecule has 3 aromatic heterocycles. The summed E-state index contributed by atoms with van der Waals surface area (Å²) in [5, 5.41) is 12.5. The number of pyridine rings is 2. The number of piperidine rings is 1. The van der Waals surface area contributed by atoms with E-state index in [1.807, 2.05) is 36.4 Å². The first-order valence-corrected chi connectivity index (χ1v) is 11.7. The summed E-state index contributed by atoms with van der Waals surface area (Å²) in [5.41, 5.74) is 10.1. The van der Waals surface area contributed by atoms with Crippen molar-refractivity contribution in [2.24, 2.45) is 5.73 Å². The Bertz CT molecular complexity index is 1370. The molecule has 9 nitrogen and oxygen atoms in total. The largest absolute Gasteiger partial charge is 0.445 e. The summed E-state index contributed by atoms with van der Waals surface area (Å²) in [5.74, 6) is 0.939. The molecule has 4 aromatic rings. The number of nitrogens with one attached hydrogen (secondary N) is 1. The number of benzene rings is 1. The number of hydrogen-bond acceptors (Lipinski definition) is 8. The van der Waals surface area contributed by atoms with Crippen LogP contribution >= 0.6 is 0 Å². The lowest BCUT2D eigenvalue weighted by Gasteiger charge is -2.34. The third-order valence-electron chi connectivity index (χ3n) is 6.30. The lowest BCUT2D eigenvalue weighted by molar-refractivity contribution is 0.100. The van der Waals surface area contributed by atoms with Crippen molar-refractivity contribution < 1.29 is 9.21 Å². The number of amides is 1. The predicted octanol–water partition coefficient (Wildman–Crippen LogP) is 3.77. The zero-order valence-electron chi connectivity index (χ0n) is 19.6. The van der Waals surface area contributed by atoms with Crippen LogP contribution in [-0.2, 0) is 6.42 Å². The summed E-state index contributed by atoms with van der Waals surface area (Å²) in [6, 6.07) is 15.8. The number of hydrogen-bond donors (Lipinski definition) is 2. The molecule has 1 saturated heterocycles. The highest BCUT2D eigenvalue weighted by molar-refractivity contribution is 5.98. The maximum Gasteiger partial charge on any atom is 0.252 e. The maximum absolute atomic E-state index is 12.1. The van der Waals surface area contributed by atoms with Crippen molar-refractivity contribution in [2.75, 3.05) is 23.3 Å². The zero-order valence-corrected chi connectivity index (χ0v) is 19.6. The lowest BCUT2D eigenvalue weighted by Crippen LogP contribution is -2.39. The van der Waals surface area contributed by atoms with Gasteiger partial charge in [0.15, 0.2) is 0 Å². The minimum absolute atomic E-state index is 0.188. The van der Waals surface area contributed by atoms with Gasteiger partial charge in [-0.05, 0) is 48.7 Å². The molecule has 36 heavy (non-hydrogen) atoms. The average molecular weight is 480 g/mol. The monoisotopic (exact) mass is 479 g/mol. The fourth-order valence-corrected chi connectivity index (χ4v) is 4.36. The molecule has 0 radical (unpaired) electrons. The first-order valence-electron chi connectivity index (χ1n) is 11.7. The maximum atomic E-state index is 12.1. The van der Waals surface area contributed by atoms with Crippen LogP contribution in [0.3, 0.4) is 0 Å². The van der Waals surface area contributed by atoms with Gasteiger partial charge in [0.05, 0.1) is 23.0 Å². The molecule has 1 aliphatic heterocycles. The van der Waals surface area contributed by atoms with Crippen molar-refractivity contribution in [2.45, 2.75) is 25.3 Å². The van der Waals surface area contributed by atoms with Gasteiger partial charge in [0.25, 0.3) is 5.91 Å². The van der Waals surface area contributed by atoms with Crippen LogP contribution < -0.4 is 16.0 Å². The quantitative estimate of drug-likeness (QED) is 0.409. The standard InChI is InChI=1S/C27H25N7O2/c28-15-19-3-6-25(32-16-19)34-10-7-21(8-11-34)33-24-14-22(31-17-23(24)26(29)35)13-18-1-4-20(5-2-18)27-30-9-12-36-27/h1-6,9,12,14,16-17,21H,7-8,10-11,13H2,(H2,29,35)(H,31,33). The van der Waals surface area contributed by atoms with Crippen LogP contribution in [0.2, 0.25) is 0 Å². The minimum Gasteiger partial charge on any atom is -0.445 e. The molecule has 1 fully saturated rings. The molecule has 1 aliphatic rings. The number of aromatic nitrogens is 3. The van der Waals surface area contributed by atoms with Gasteiger partial charge < -0.3 is 20.4 Å². The number of nitrogens with two attached hydrogens (primary N) is 1. The summed E-state index contributed by atoms with van der Waals surface area (Å²) < 4.78 is 5.35. The Labute approximate surface area is 208 Å². The Kier molecular flexibility index (Phi) is 6.58. The number of anilines is 2. The molecule has 5 rings (SSSR count). The first-order chi connectivity index (χ1) is 17.6. The molecule has 1 amide bonds. The molecule has 0 unspecified atom stereocenters. The molecule has 180 valence electrons. The van der Waals surface area contributed by atoms with E-state index >= 15 is 0 Å². The molecular weight excluding hydrogens is 454 g/mol. The summed E-state index contributed by atoms with van der Waals surface area (Å²) >= 11 is 0. The molecule has 0 aliphatic carbocycles. The van der Waals surface area contributed by atoms with Gasteiger partial charge in [0.1, 0.15) is 18.2 Å². The Hall–Kier alpha value is -4.71. The molecule has 3 N–H and O–H groups in total. The summed E-state index contributed by atoms with van der Waals surface area (Å²) in [6.45, 7) is 1.63. The normalized spacial score (nSPS) is 13.8. The number of nitrogens with zero attached hydrogens (tertiary/aromatic N) is 5. The molecule has 1 aromatic carbocycles. The second-order valence-corrected chi connectivity index (χ2v) is 8.72. The van der Waals surface area contributed by atoms with Crippen molar-refractivity contribution in [3.8, 4) is 17.5 Å². The van der Waals surface area contributed by atoms with Crippen LogP contribution in [0.1, 0.15) is 40.0 Å². The Balaban J connectivity index is 1.25. The Morgan fingerprint density at radius 2 is 1.92 bits per heavy atom. The van der Waals surface area contributed by atoms with E-state index in [1.54, 1.807) is 30.9 Å².